The fourth-order valence-corrected chi connectivity index (χ4v) is 2.21. The van der Waals surface area contributed by atoms with Crippen LogP contribution in [0.3, 0.4) is 0 Å². The van der Waals surface area contributed by atoms with Crippen LogP contribution in [0.2, 0.25) is 0 Å². The van der Waals surface area contributed by atoms with Crippen molar-refractivity contribution in [3.8, 4) is 22.6 Å². The number of nitrogens with two attached hydrogens (primary N) is 1. The first-order valence-corrected chi connectivity index (χ1v) is 5.59. The minimum atomic E-state index is 0. The summed E-state index contributed by atoms with van der Waals surface area (Å²) < 4.78 is 5.46. The van der Waals surface area contributed by atoms with Gasteiger partial charge in [0.05, 0.1) is 6.61 Å². The third kappa shape index (κ3) is 1.97. The molecule has 0 aliphatic carbocycles. The van der Waals surface area contributed by atoms with E-state index in [0.717, 1.165) is 24.3 Å². The summed E-state index contributed by atoms with van der Waals surface area (Å²) in [7, 11) is 0. The van der Waals surface area contributed by atoms with E-state index in [1.165, 1.54) is 5.56 Å². The molecule has 94 valence electrons. The van der Waals surface area contributed by atoms with Crippen molar-refractivity contribution >= 4 is 18.1 Å². The number of fused-ring (bicyclic) bond motifs is 1. The van der Waals surface area contributed by atoms with Crippen molar-refractivity contribution in [3.63, 3.8) is 0 Å². The number of hydrogen-bond acceptors (Lipinski definition) is 3. The van der Waals surface area contributed by atoms with Gasteiger partial charge in [0, 0.05) is 17.7 Å². The fraction of sp³-hybridized carbons (Fsp3) is 0.143. The van der Waals surface area contributed by atoms with E-state index < -0.39 is 0 Å². The van der Waals surface area contributed by atoms with Crippen molar-refractivity contribution in [2.75, 3.05) is 12.3 Å². The van der Waals surface area contributed by atoms with Gasteiger partial charge < -0.3 is 15.6 Å². The van der Waals surface area contributed by atoms with Crippen molar-refractivity contribution < 1.29 is 9.84 Å². The molecular weight excluding hydrogens is 250 g/mol. The van der Waals surface area contributed by atoms with Crippen LogP contribution >= 0.6 is 12.4 Å². The highest BCUT2D eigenvalue weighted by Gasteiger charge is 2.15. The minimum absolute atomic E-state index is 0. The molecule has 2 aromatic rings. The van der Waals surface area contributed by atoms with Crippen LogP contribution in [0, 0.1) is 0 Å². The molecule has 3 rings (SSSR count). The van der Waals surface area contributed by atoms with Crippen LogP contribution < -0.4 is 10.5 Å². The molecule has 18 heavy (non-hydrogen) atoms. The average molecular weight is 264 g/mol. The predicted octanol–water partition coefficient (Wildman–Crippen LogP) is 3.00. The molecule has 1 aliphatic heterocycles. The Hall–Kier alpha value is -1.87. The van der Waals surface area contributed by atoms with Gasteiger partial charge in [-0.05, 0) is 35.4 Å². The molecule has 0 saturated carbocycles. The Morgan fingerprint density at radius 1 is 1.17 bits per heavy atom. The van der Waals surface area contributed by atoms with E-state index in [1.807, 2.05) is 18.2 Å². The van der Waals surface area contributed by atoms with Gasteiger partial charge in [0.15, 0.2) is 0 Å². The molecule has 0 bridgehead atoms. The lowest BCUT2D eigenvalue weighted by molar-refractivity contribution is 0.357. The van der Waals surface area contributed by atoms with Gasteiger partial charge >= 0.3 is 0 Å². The molecule has 0 unspecified atom stereocenters. The van der Waals surface area contributed by atoms with E-state index in [9.17, 15) is 5.11 Å². The van der Waals surface area contributed by atoms with Crippen LogP contribution in [0.5, 0.6) is 11.5 Å². The summed E-state index contributed by atoms with van der Waals surface area (Å²) in [6, 6.07) is 11.1. The standard InChI is InChI=1S/C14H13NO2.ClH/c15-11-2-1-3-12(16)14(11)10-4-5-13-9(8-10)6-7-17-13;/h1-5,8,16H,6-7,15H2;1H. The zero-order valence-corrected chi connectivity index (χ0v) is 10.5. The normalized spacial score (nSPS) is 12.4. The summed E-state index contributed by atoms with van der Waals surface area (Å²) in [6.45, 7) is 0.731. The predicted molar refractivity (Wildman–Crippen MR) is 74.4 cm³/mol. The van der Waals surface area contributed by atoms with Crippen LogP contribution in [0.1, 0.15) is 5.56 Å². The number of rotatable bonds is 1. The van der Waals surface area contributed by atoms with Gasteiger partial charge in [0.1, 0.15) is 11.5 Å². The lowest BCUT2D eigenvalue weighted by atomic mass is 9.99. The number of halogens is 1. The zero-order valence-electron chi connectivity index (χ0n) is 9.72. The maximum atomic E-state index is 9.88. The Morgan fingerprint density at radius 2 is 2.00 bits per heavy atom. The van der Waals surface area contributed by atoms with E-state index in [2.05, 4.69) is 0 Å². The van der Waals surface area contributed by atoms with Crippen molar-refractivity contribution in [1.82, 2.24) is 0 Å². The Bertz CT molecular complexity index is 564. The third-order valence-corrected chi connectivity index (χ3v) is 3.05. The van der Waals surface area contributed by atoms with Crippen LogP contribution in [0.15, 0.2) is 36.4 Å². The fourth-order valence-electron chi connectivity index (χ4n) is 2.21. The minimum Gasteiger partial charge on any atom is -0.507 e. The second-order valence-electron chi connectivity index (χ2n) is 4.16. The van der Waals surface area contributed by atoms with Gasteiger partial charge in [-0.15, -0.1) is 12.4 Å². The molecule has 1 heterocycles. The Balaban J connectivity index is 0.00000120. The molecule has 0 fully saturated rings. The first kappa shape index (κ1) is 12.6. The van der Waals surface area contributed by atoms with E-state index in [-0.39, 0.29) is 18.2 Å². The van der Waals surface area contributed by atoms with E-state index in [1.54, 1.807) is 18.2 Å². The number of phenolic OH excluding ortho intramolecular Hbond substituents is 1. The summed E-state index contributed by atoms with van der Waals surface area (Å²) in [5, 5.41) is 9.88. The molecule has 3 N–H and O–H groups in total. The molecule has 3 nitrogen and oxygen atoms in total. The van der Waals surface area contributed by atoms with Gasteiger partial charge in [0.2, 0.25) is 0 Å². The number of nitrogen functional groups attached to an aromatic ring is 1. The van der Waals surface area contributed by atoms with Gasteiger partial charge in [-0.2, -0.15) is 0 Å². The van der Waals surface area contributed by atoms with Crippen molar-refractivity contribution in [2.45, 2.75) is 6.42 Å². The monoisotopic (exact) mass is 263 g/mol. The van der Waals surface area contributed by atoms with Crippen molar-refractivity contribution in [3.05, 3.63) is 42.0 Å². The molecule has 0 aromatic heterocycles. The quantitative estimate of drug-likeness (QED) is 0.778. The number of aromatic hydroxyl groups is 1. The Labute approximate surface area is 112 Å². The maximum absolute atomic E-state index is 9.88. The van der Waals surface area contributed by atoms with Gasteiger partial charge in [-0.25, -0.2) is 0 Å². The highest BCUT2D eigenvalue weighted by atomic mass is 35.5. The first-order valence-electron chi connectivity index (χ1n) is 5.59. The maximum Gasteiger partial charge on any atom is 0.125 e. The third-order valence-electron chi connectivity index (χ3n) is 3.05. The number of phenols is 1. The molecule has 1 aliphatic rings. The SMILES string of the molecule is Cl.Nc1cccc(O)c1-c1ccc2c(c1)CCO2. The largest absolute Gasteiger partial charge is 0.507 e. The van der Waals surface area contributed by atoms with Gasteiger partial charge in [-0.1, -0.05) is 12.1 Å². The topological polar surface area (TPSA) is 55.5 Å². The van der Waals surface area contributed by atoms with E-state index in [4.69, 9.17) is 10.5 Å². The molecule has 0 radical (unpaired) electrons. The second kappa shape index (κ2) is 4.78. The number of hydrogen-bond donors (Lipinski definition) is 2. The van der Waals surface area contributed by atoms with E-state index in [0.29, 0.717) is 11.3 Å². The second-order valence-corrected chi connectivity index (χ2v) is 4.16. The van der Waals surface area contributed by atoms with E-state index >= 15 is 0 Å². The Kier molecular flexibility index (Phi) is 3.34. The molecule has 4 heteroatoms. The summed E-state index contributed by atoms with van der Waals surface area (Å²) >= 11 is 0. The Morgan fingerprint density at radius 3 is 2.78 bits per heavy atom. The number of anilines is 1. The van der Waals surface area contributed by atoms with Crippen LogP contribution in [0.25, 0.3) is 11.1 Å². The van der Waals surface area contributed by atoms with Crippen molar-refractivity contribution in [1.29, 1.82) is 0 Å². The van der Waals surface area contributed by atoms with Gasteiger partial charge in [0.25, 0.3) is 0 Å². The highest BCUT2D eigenvalue weighted by Crippen LogP contribution is 2.37. The van der Waals surface area contributed by atoms with Crippen LogP contribution in [-0.4, -0.2) is 11.7 Å². The smallest absolute Gasteiger partial charge is 0.125 e. The number of benzene rings is 2. The molecule has 2 aromatic carbocycles. The van der Waals surface area contributed by atoms with Gasteiger partial charge in [-0.3, -0.25) is 0 Å². The molecule has 0 spiro atoms. The summed E-state index contributed by atoms with van der Waals surface area (Å²) in [6.07, 6.45) is 0.913. The molecular formula is C14H14ClNO2. The summed E-state index contributed by atoms with van der Waals surface area (Å²) in [5.74, 6) is 1.15. The van der Waals surface area contributed by atoms with Crippen molar-refractivity contribution in [2.24, 2.45) is 0 Å². The lowest BCUT2D eigenvalue weighted by Crippen LogP contribution is -1.90. The number of ether oxygens (including phenoxy) is 1. The molecule has 0 atom stereocenters. The summed E-state index contributed by atoms with van der Waals surface area (Å²) in [4.78, 5) is 0. The molecule has 0 saturated heterocycles. The molecule has 0 amide bonds. The zero-order chi connectivity index (χ0) is 11.8. The average Bonchev–Trinajstić information content (AvgIpc) is 2.76. The first-order chi connectivity index (χ1) is 8.25. The lowest BCUT2D eigenvalue weighted by Gasteiger charge is -2.09. The van der Waals surface area contributed by atoms with Crippen LogP contribution in [-0.2, 0) is 6.42 Å². The highest BCUT2D eigenvalue weighted by molar-refractivity contribution is 5.85. The summed E-state index contributed by atoms with van der Waals surface area (Å²) in [5.41, 5.74) is 9.30. The van der Waals surface area contributed by atoms with Crippen LogP contribution in [0.4, 0.5) is 5.69 Å².